The van der Waals surface area contributed by atoms with Crippen molar-refractivity contribution in [2.24, 2.45) is 12.8 Å². The van der Waals surface area contributed by atoms with Gasteiger partial charge >= 0.3 is 0 Å². The normalized spacial score (nSPS) is 11.9. The second-order valence-corrected chi connectivity index (χ2v) is 5.97. The van der Waals surface area contributed by atoms with Crippen molar-refractivity contribution >= 4 is 21.7 Å². The van der Waals surface area contributed by atoms with Gasteiger partial charge in [-0.15, -0.1) is 0 Å². The second kappa shape index (κ2) is 5.31. The minimum absolute atomic E-state index is 0.201. The first kappa shape index (κ1) is 14.4. The van der Waals surface area contributed by atoms with Crippen LogP contribution in [0.15, 0.2) is 4.47 Å². The number of nitrogens with zero attached hydrogens (tertiary/aromatic N) is 2. The molecule has 96 valence electrons. The Labute approximate surface area is 111 Å². The zero-order valence-electron chi connectivity index (χ0n) is 10.9. The van der Waals surface area contributed by atoms with E-state index in [2.05, 4.69) is 21.0 Å². The fourth-order valence-electron chi connectivity index (χ4n) is 1.61. The van der Waals surface area contributed by atoms with Gasteiger partial charge < -0.3 is 5.73 Å². The Balaban J connectivity index is 2.63. The highest BCUT2D eigenvalue weighted by atomic mass is 79.9. The number of aromatic nitrogens is 2. The van der Waals surface area contributed by atoms with E-state index >= 15 is 0 Å². The van der Waals surface area contributed by atoms with E-state index in [1.54, 1.807) is 4.68 Å². The average molecular weight is 302 g/mol. The summed E-state index contributed by atoms with van der Waals surface area (Å²) < 4.78 is 2.69. The molecule has 0 saturated carbocycles. The summed E-state index contributed by atoms with van der Waals surface area (Å²) in [5.74, 6) is 0.201. The molecule has 0 aliphatic heterocycles. The molecule has 0 aromatic carbocycles. The number of ketones is 1. The van der Waals surface area contributed by atoms with Crippen LogP contribution in [0, 0.1) is 6.92 Å². The van der Waals surface area contributed by atoms with Crippen LogP contribution in [0.5, 0.6) is 0 Å². The van der Waals surface area contributed by atoms with Gasteiger partial charge in [-0.2, -0.15) is 5.10 Å². The van der Waals surface area contributed by atoms with Crippen LogP contribution in [-0.2, 0) is 18.3 Å². The molecule has 1 rings (SSSR count). The number of hydrogen-bond acceptors (Lipinski definition) is 3. The van der Waals surface area contributed by atoms with Crippen molar-refractivity contribution in [1.29, 1.82) is 0 Å². The quantitative estimate of drug-likeness (QED) is 0.906. The maximum absolute atomic E-state index is 11.9. The van der Waals surface area contributed by atoms with E-state index in [0.29, 0.717) is 19.3 Å². The molecule has 17 heavy (non-hydrogen) atoms. The Morgan fingerprint density at radius 1 is 1.53 bits per heavy atom. The van der Waals surface area contributed by atoms with Crippen LogP contribution in [0.2, 0.25) is 0 Å². The van der Waals surface area contributed by atoms with Crippen molar-refractivity contribution in [2.45, 2.75) is 45.6 Å². The van der Waals surface area contributed by atoms with Crippen LogP contribution < -0.4 is 5.73 Å². The molecule has 1 heterocycles. The van der Waals surface area contributed by atoms with Gasteiger partial charge in [0.15, 0.2) is 0 Å². The van der Waals surface area contributed by atoms with Gasteiger partial charge in [-0.25, -0.2) is 0 Å². The molecule has 0 aliphatic carbocycles. The van der Waals surface area contributed by atoms with E-state index in [1.807, 2.05) is 27.8 Å². The van der Waals surface area contributed by atoms with Gasteiger partial charge in [0, 0.05) is 25.4 Å². The molecule has 2 N–H and O–H groups in total. The predicted molar refractivity (Wildman–Crippen MR) is 71.9 cm³/mol. The van der Waals surface area contributed by atoms with Crippen molar-refractivity contribution in [3.8, 4) is 0 Å². The second-order valence-electron chi connectivity index (χ2n) is 5.17. The van der Waals surface area contributed by atoms with Crippen molar-refractivity contribution in [3.63, 3.8) is 0 Å². The zero-order valence-corrected chi connectivity index (χ0v) is 12.5. The molecule has 5 heteroatoms. The molecule has 0 saturated heterocycles. The third-order valence-corrected chi connectivity index (χ3v) is 3.71. The van der Waals surface area contributed by atoms with Crippen molar-refractivity contribution < 1.29 is 4.79 Å². The summed E-state index contributed by atoms with van der Waals surface area (Å²) in [5.41, 5.74) is 7.42. The number of aryl methyl sites for hydroxylation is 2. The molecular formula is C12H20BrN3O. The highest BCUT2D eigenvalue weighted by Crippen LogP contribution is 2.21. The first-order valence-electron chi connectivity index (χ1n) is 5.69. The lowest BCUT2D eigenvalue weighted by atomic mass is 9.97. The molecule has 1 aromatic heterocycles. The number of halogens is 1. The number of carbonyl (C=O) groups is 1. The number of nitrogens with two attached hydrogens (primary N) is 1. The smallest absolute Gasteiger partial charge is 0.138 e. The van der Waals surface area contributed by atoms with Crippen LogP contribution in [0.25, 0.3) is 0 Å². The molecule has 4 nitrogen and oxygen atoms in total. The van der Waals surface area contributed by atoms with E-state index in [-0.39, 0.29) is 11.3 Å². The third-order valence-electron chi connectivity index (χ3n) is 2.67. The monoisotopic (exact) mass is 301 g/mol. The molecule has 0 aliphatic rings. The van der Waals surface area contributed by atoms with E-state index < -0.39 is 0 Å². The SMILES string of the molecule is Cc1nn(C)c(CC(=O)CCC(C)(C)N)c1Br. The molecular weight excluding hydrogens is 282 g/mol. The lowest BCUT2D eigenvalue weighted by Crippen LogP contribution is -2.32. The summed E-state index contributed by atoms with van der Waals surface area (Å²) in [6.07, 6.45) is 1.63. The molecule has 0 unspecified atom stereocenters. The van der Waals surface area contributed by atoms with E-state index in [9.17, 15) is 4.79 Å². The van der Waals surface area contributed by atoms with Gasteiger partial charge in [-0.1, -0.05) is 0 Å². The number of rotatable bonds is 5. The lowest BCUT2D eigenvalue weighted by Gasteiger charge is -2.17. The van der Waals surface area contributed by atoms with Gasteiger partial charge in [-0.3, -0.25) is 9.48 Å². The molecule has 1 aromatic rings. The fourth-order valence-corrected chi connectivity index (χ4v) is 2.08. The summed E-state index contributed by atoms with van der Waals surface area (Å²) >= 11 is 3.46. The Kier molecular flexibility index (Phi) is 4.49. The maximum atomic E-state index is 11.9. The molecule has 0 radical (unpaired) electrons. The van der Waals surface area contributed by atoms with Gasteiger partial charge in [0.2, 0.25) is 0 Å². The summed E-state index contributed by atoms with van der Waals surface area (Å²) in [6.45, 7) is 5.79. The van der Waals surface area contributed by atoms with Gasteiger partial charge in [-0.05, 0) is 43.1 Å². The minimum Gasteiger partial charge on any atom is -0.326 e. The Bertz CT molecular complexity index is 418. The molecule has 0 fully saturated rings. The van der Waals surface area contributed by atoms with Gasteiger partial charge in [0.25, 0.3) is 0 Å². The minimum atomic E-state index is -0.282. The number of Topliss-reactive ketones (excluding diaryl/α,β-unsaturated/α-hetero) is 1. The van der Waals surface area contributed by atoms with Crippen molar-refractivity contribution in [3.05, 3.63) is 15.9 Å². The average Bonchev–Trinajstić information content (AvgIpc) is 2.41. The van der Waals surface area contributed by atoms with E-state index in [4.69, 9.17) is 5.73 Å². The summed E-state index contributed by atoms with van der Waals surface area (Å²) in [4.78, 5) is 11.9. The number of carbonyl (C=O) groups excluding carboxylic acids is 1. The largest absolute Gasteiger partial charge is 0.326 e. The van der Waals surface area contributed by atoms with Gasteiger partial charge in [0.05, 0.1) is 15.9 Å². The molecule has 0 bridgehead atoms. The van der Waals surface area contributed by atoms with Crippen LogP contribution >= 0.6 is 15.9 Å². The van der Waals surface area contributed by atoms with Crippen LogP contribution in [0.1, 0.15) is 38.1 Å². The molecule has 0 amide bonds. The molecule has 0 atom stereocenters. The topological polar surface area (TPSA) is 60.9 Å². The van der Waals surface area contributed by atoms with Gasteiger partial charge in [0.1, 0.15) is 5.78 Å². The summed E-state index contributed by atoms with van der Waals surface area (Å²) in [7, 11) is 1.85. The standard InChI is InChI=1S/C12H20BrN3O/c1-8-11(13)10(16(4)15-8)7-9(17)5-6-12(2,3)14/h5-7,14H2,1-4H3. The van der Waals surface area contributed by atoms with Crippen molar-refractivity contribution in [1.82, 2.24) is 9.78 Å². The Morgan fingerprint density at radius 3 is 2.53 bits per heavy atom. The fraction of sp³-hybridized carbons (Fsp3) is 0.667. The predicted octanol–water partition coefficient (Wildman–Crippen LogP) is 2.12. The highest BCUT2D eigenvalue weighted by Gasteiger charge is 2.17. The zero-order chi connectivity index (χ0) is 13.2. The van der Waals surface area contributed by atoms with Crippen LogP contribution in [0.3, 0.4) is 0 Å². The highest BCUT2D eigenvalue weighted by molar-refractivity contribution is 9.10. The van der Waals surface area contributed by atoms with Crippen LogP contribution in [0.4, 0.5) is 0 Å². The Hall–Kier alpha value is -0.680. The lowest BCUT2D eigenvalue weighted by molar-refractivity contribution is -0.118. The number of hydrogen-bond donors (Lipinski definition) is 1. The third kappa shape index (κ3) is 4.24. The molecule has 0 spiro atoms. The Morgan fingerprint density at radius 2 is 2.12 bits per heavy atom. The van der Waals surface area contributed by atoms with Crippen LogP contribution in [-0.4, -0.2) is 21.1 Å². The van der Waals surface area contributed by atoms with E-state index in [1.165, 1.54) is 0 Å². The first-order valence-corrected chi connectivity index (χ1v) is 6.48. The van der Waals surface area contributed by atoms with E-state index in [0.717, 1.165) is 15.9 Å². The summed E-state index contributed by atoms with van der Waals surface area (Å²) in [5, 5.41) is 4.27. The first-order chi connectivity index (χ1) is 7.70. The summed E-state index contributed by atoms with van der Waals surface area (Å²) in [6, 6.07) is 0. The van der Waals surface area contributed by atoms with Crippen molar-refractivity contribution in [2.75, 3.05) is 0 Å². The maximum Gasteiger partial charge on any atom is 0.138 e.